The number of amides is 1. The van der Waals surface area contributed by atoms with Gasteiger partial charge in [-0.25, -0.2) is 8.42 Å². The number of methoxy groups -OCH3 is 2. The van der Waals surface area contributed by atoms with Crippen molar-refractivity contribution in [3.63, 3.8) is 0 Å². The van der Waals surface area contributed by atoms with Gasteiger partial charge in [0.15, 0.2) is 0 Å². The summed E-state index contributed by atoms with van der Waals surface area (Å²) in [6.07, 6.45) is 3.20. The first kappa shape index (κ1) is 23.8. The first-order chi connectivity index (χ1) is 15.1. The molecule has 0 radical (unpaired) electrons. The van der Waals surface area contributed by atoms with Crippen molar-refractivity contribution in [2.45, 2.75) is 25.7 Å². The molecule has 1 aliphatic heterocycles. The minimum Gasteiger partial charge on any atom is -0.497 e. The highest BCUT2D eigenvalue weighted by Gasteiger charge is 2.31. The van der Waals surface area contributed by atoms with E-state index in [1.54, 1.807) is 31.3 Å². The smallest absolute Gasteiger partial charge is 0.246 e. The van der Waals surface area contributed by atoms with Gasteiger partial charge in [-0.05, 0) is 55.7 Å². The van der Waals surface area contributed by atoms with Crippen molar-refractivity contribution < 1.29 is 22.7 Å². The largest absolute Gasteiger partial charge is 0.497 e. The number of carbonyl (C=O) groups excluding carboxylic acids is 1. The molecule has 32 heavy (non-hydrogen) atoms. The average molecular weight is 459 g/mol. The molecule has 0 aliphatic carbocycles. The Bertz CT molecular complexity index is 1090. The molecule has 8 heteroatoms. The summed E-state index contributed by atoms with van der Waals surface area (Å²) < 4.78 is 38.4. The van der Waals surface area contributed by atoms with Crippen molar-refractivity contribution >= 4 is 22.0 Å². The van der Waals surface area contributed by atoms with Crippen molar-refractivity contribution in [2.75, 3.05) is 40.4 Å². The van der Waals surface area contributed by atoms with Crippen molar-refractivity contribution in [1.29, 1.82) is 0 Å². The van der Waals surface area contributed by atoms with E-state index >= 15 is 0 Å². The van der Waals surface area contributed by atoms with Crippen LogP contribution < -0.4 is 9.47 Å². The average Bonchev–Trinajstić information content (AvgIpc) is 2.76. The molecule has 3 rings (SSSR count). The first-order valence-corrected chi connectivity index (χ1v) is 11.9. The molecule has 2 aromatic carbocycles. The fourth-order valence-electron chi connectivity index (χ4n) is 4.05. The third kappa shape index (κ3) is 5.14. The summed E-state index contributed by atoms with van der Waals surface area (Å²) in [7, 11) is -0.470. The molecule has 0 saturated carbocycles. The second kappa shape index (κ2) is 9.75. The summed E-state index contributed by atoms with van der Waals surface area (Å²) in [5.41, 5.74) is 3.31. The Kier molecular flexibility index (Phi) is 7.26. The van der Waals surface area contributed by atoms with Gasteiger partial charge in [0.25, 0.3) is 0 Å². The molecule has 1 heterocycles. The molecular formula is C24H30N2O5S. The van der Waals surface area contributed by atoms with Crippen molar-refractivity contribution in [2.24, 2.45) is 0 Å². The van der Waals surface area contributed by atoms with Gasteiger partial charge in [-0.3, -0.25) is 4.79 Å². The molecule has 1 aliphatic rings. The van der Waals surface area contributed by atoms with Crippen molar-refractivity contribution in [1.82, 2.24) is 9.21 Å². The highest BCUT2D eigenvalue weighted by atomic mass is 32.2. The molecule has 1 saturated heterocycles. The molecule has 0 unspecified atom stereocenters. The van der Waals surface area contributed by atoms with E-state index in [0.29, 0.717) is 29.5 Å². The normalized spacial score (nSPS) is 15.2. The molecule has 172 valence electrons. The fourth-order valence-corrected chi connectivity index (χ4v) is 5.88. The second-order valence-corrected chi connectivity index (χ2v) is 9.81. The van der Waals surface area contributed by atoms with E-state index in [4.69, 9.17) is 9.47 Å². The number of rotatable bonds is 6. The van der Waals surface area contributed by atoms with Gasteiger partial charge < -0.3 is 14.4 Å². The molecule has 0 bridgehead atoms. The van der Waals surface area contributed by atoms with Crippen molar-refractivity contribution in [3.05, 3.63) is 58.7 Å². The standard InChI is InChI=1S/C24H30N2O5S/c1-17-12-18(2)24(19(3)13-17)32(28,29)26-10-8-25(9-11-26)23(27)7-6-20-14-21(30-4)16-22(15-20)31-5/h6-7,12-16H,8-11H2,1-5H3. The van der Waals surface area contributed by atoms with Crippen LogP contribution in [-0.4, -0.2) is 63.9 Å². The summed E-state index contributed by atoms with van der Waals surface area (Å²) in [5.74, 6) is 1.11. The maximum Gasteiger partial charge on any atom is 0.246 e. The van der Waals surface area contributed by atoms with Gasteiger partial charge in [0.2, 0.25) is 15.9 Å². The maximum atomic E-state index is 13.2. The number of aryl methyl sites for hydroxylation is 3. The number of hydrogen-bond donors (Lipinski definition) is 0. The predicted octanol–water partition coefficient (Wildman–Crippen LogP) is 3.18. The maximum absolute atomic E-state index is 13.2. The third-order valence-corrected chi connectivity index (χ3v) is 7.75. The van der Waals surface area contributed by atoms with E-state index in [-0.39, 0.29) is 19.0 Å². The number of benzene rings is 2. The summed E-state index contributed by atoms with van der Waals surface area (Å²) in [4.78, 5) is 14.7. The molecular weight excluding hydrogens is 428 g/mol. The molecule has 0 aromatic heterocycles. The van der Waals surface area contributed by atoms with E-state index in [2.05, 4.69) is 0 Å². The van der Waals surface area contributed by atoms with Gasteiger partial charge in [-0.15, -0.1) is 0 Å². The van der Waals surface area contributed by atoms with Crippen molar-refractivity contribution in [3.8, 4) is 11.5 Å². The number of hydrogen-bond acceptors (Lipinski definition) is 5. The SMILES string of the molecule is COc1cc(C=CC(=O)N2CCN(S(=O)(=O)c3c(C)cc(C)cc3C)CC2)cc(OC)c1. The lowest BCUT2D eigenvalue weighted by molar-refractivity contribution is -0.127. The molecule has 0 N–H and O–H groups in total. The molecule has 2 aromatic rings. The summed E-state index contributed by atoms with van der Waals surface area (Å²) in [6.45, 7) is 6.82. The van der Waals surface area contributed by atoms with Gasteiger partial charge in [-0.1, -0.05) is 17.7 Å². The molecule has 1 fully saturated rings. The first-order valence-electron chi connectivity index (χ1n) is 10.4. The topological polar surface area (TPSA) is 76.2 Å². The quantitative estimate of drug-likeness (QED) is 0.622. The van der Waals surface area contributed by atoms with Gasteiger partial charge in [-0.2, -0.15) is 4.31 Å². The highest BCUT2D eigenvalue weighted by Crippen LogP contribution is 2.26. The molecule has 0 atom stereocenters. The van der Waals surface area contributed by atoms with E-state index < -0.39 is 10.0 Å². The molecule has 7 nitrogen and oxygen atoms in total. The Hall–Kier alpha value is -2.84. The van der Waals surface area contributed by atoms with Crippen LogP contribution in [0.1, 0.15) is 22.3 Å². The van der Waals surface area contributed by atoms with Crippen LogP contribution in [0.5, 0.6) is 11.5 Å². The number of carbonyl (C=O) groups is 1. The summed E-state index contributed by atoms with van der Waals surface area (Å²) >= 11 is 0. The van der Waals surface area contributed by atoms with Crippen LogP contribution in [0.2, 0.25) is 0 Å². The Morgan fingerprint density at radius 2 is 1.41 bits per heavy atom. The number of ether oxygens (including phenoxy) is 2. The van der Waals surface area contributed by atoms with Crippen LogP contribution in [0, 0.1) is 20.8 Å². The minimum atomic E-state index is -3.61. The Labute approximate surface area is 190 Å². The minimum absolute atomic E-state index is 0.161. The third-order valence-electron chi connectivity index (χ3n) is 5.54. The number of nitrogens with zero attached hydrogens (tertiary/aromatic N) is 2. The lowest BCUT2D eigenvalue weighted by atomic mass is 10.1. The fraction of sp³-hybridized carbons (Fsp3) is 0.375. The summed E-state index contributed by atoms with van der Waals surface area (Å²) in [5, 5.41) is 0. The molecule has 0 spiro atoms. The van der Waals surface area contributed by atoms with Gasteiger partial charge in [0.1, 0.15) is 11.5 Å². The van der Waals surface area contributed by atoms with Crippen LogP contribution in [-0.2, 0) is 14.8 Å². The molecule has 1 amide bonds. The van der Waals surface area contributed by atoms with E-state index in [0.717, 1.165) is 22.3 Å². The van der Waals surface area contributed by atoms with E-state index in [9.17, 15) is 13.2 Å². The van der Waals surface area contributed by atoms with Crippen LogP contribution in [0.4, 0.5) is 0 Å². The zero-order valence-corrected chi connectivity index (χ0v) is 20.0. The Balaban J connectivity index is 1.68. The Morgan fingerprint density at radius 1 is 0.875 bits per heavy atom. The van der Waals surface area contributed by atoms with E-state index in [1.807, 2.05) is 45.0 Å². The van der Waals surface area contributed by atoms with Crippen LogP contribution in [0.25, 0.3) is 6.08 Å². The second-order valence-electron chi connectivity index (χ2n) is 7.94. The summed E-state index contributed by atoms with van der Waals surface area (Å²) in [6, 6.07) is 9.15. The van der Waals surface area contributed by atoms with Gasteiger partial charge >= 0.3 is 0 Å². The zero-order valence-electron chi connectivity index (χ0n) is 19.2. The lowest BCUT2D eigenvalue weighted by Crippen LogP contribution is -2.50. The van der Waals surface area contributed by atoms with E-state index in [1.165, 1.54) is 10.4 Å². The van der Waals surface area contributed by atoms with Crippen LogP contribution in [0.3, 0.4) is 0 Å². The number of piperazine rings is 1. The zero-order chi connectivity index (χ0) is 23.5. The highest BCUT2D eigenvalue weighted by molar-refractivity contribution is 7.89. The van der Waals surface area contributed by atoms with Gasteiger partial charge in [0.05, 0.1) is 19.1 Å². The van der Waals surface area contributed by atoms with Gasteiger partial charge in [0, 0.05) is 38.3 Å². The van der Waals surface area contributed by atoms with Crippen LogP contribution in [0.15, 0.2) is 41.3 Å². The number of sulfonamides is 1. The Morgan fingerprint density at radius 3 is 1.91 bits per heavy atom. The monoisotopic (exact) mass is 458 g/mol. The lowest BCUT2D eigenvalue weighted by Gasteiger charge is -2.34. The van der Waals surface area contributed by atoms with Crippen LogP contribution >= 0.6 is 0 Å². The predicted molar refractivity (Wildman–Crippen MR) is 125 cm³/mol.